The molecule has 2 unspecified atom stereocenters. The first-order valence-electron chi connectivity index (χ1n) is 9.96. The molecule has 4 heteroatoms. The van der Waals surface area contributed by atoms with Crippen LogP contribution in [0.25, 0.3) is 0 Å². The maximum Gasteiger partial charge on any atom is 0.191 e. The molecule has 166 valence electrons. The molecule has 0 heterocycles. The van der Waals surface area contributed by atoms with Gasteiger partial charge in [0, 0.05) is 0 Å². The second-order valence-electron chi connectivity index (χ2n) is 7.31. The third-order valence-corrected chi connectivity index (χ3v) is 4.84. The summed E-state index contributed by atoms with van der Waals surface area (Å²) in [5, 5.41) is 0. The van der Waals surface area contributed by atoms with Crippen LogP contribution in [0.2, 0.25) is 0 Å². The summed E-state index contributed by atoms with van der Waals surface area (Å²) in [6.45, 7) is 26.2. The highest BCUT2D eigenvalue weighted by Gasteiger charge is 2.27. The molecule has 31 heavy (non-hydrogen) atoms. The third kappa shape index (κ3) is 7.63. The van der Waals surface area contributed by atoms with Gasteiger partial charge in [-0.2, -0.15) is 0 Å². The van der Waals surface area contributed by atoms with Gasteiger partial charge < -0.3 is 4.74 Å². The van der Waals surface area contributed by atoms with E-state index in [1.165, 1.54) is 12.2 Å². The van der Waals surface area contributed by atoms with Crippen LogP contribution in [0.5, 0.6) is 0 Å². The van der Waals surface area contributed by atoms with E-state index in [-0.39, 0.29) is 29.3 Å². The third-order valence-electron chi connectivity index (χ3n) is 4.84. The lowest BCUT2D eigenvalue weighted by Crippen LogP contribution is -2.23. The van der Waals surface area contributed by atoms with Crippen LogP contribution in [-0.2, 0) is 4.74 Å². The lowest BCUT2D eigenvalue weighted by Gasteiger charge is -2.18. The van der Waals surface area contributed by atoms with E-state index in [4.69, 9.17) is 4.74 Å². The number of halogens is 3. The maximum absolute atomic E-state index is 14.3. The average molecular weight is 429 g/mol. The van der Waals surface area contributed by atoms with E-state index < -0.39 is 12.3 Å². The summed E-state index contributed by atoms with van der Waals surface area (Å²) in [5.74, 6) is -0.553. The summed E-state index contributed by atoms with van der Waals surface area (Å²) in [5.41, 5.74) is 3.32. The Hall–Kier alpha value is -3.01. The lowest BCUT2D eigenvalue weighted by molar-refractivity contribution is 0.125. The standard InChI is InChI=1S/C27H31F3O/c1-9-31-23(8)27(30)26(29)22(7)20(5)13-11-18(3)19(4)12-14-21(6)24-15-10-17(2)16-25(24)28/h11-14,16,26-27H,3-10,15H2,1-2H3/b13-11-,14-12-. The van der Waals surface area contributed by atoms with Gasteiger partial charge in [-0.05, 0) is 66.2 Å². The van der Waals surface area contributed by atoms with Crippen molar-refractivity contribution >= 4 is 0 Å². The predicted molar refractivity (Wildman–Crippen MR) is 126 cm³/mol. The molecule has 0 aromatic rings. The zero-order valence-corrected chi connectivity index (χ0v) is 18.4. The molecule has 0 amide bonds. The normalized spacial score (nSPS) is 16.1. The van der Waals surface area contributed by atoms with Crippen LogP contribution in [-0.4, -0.2) is 19.0 Å². The number of allylic oxidation sites excluding steroid dienone is 14. The second-order valence-corrected chi connectivity index (χ2v) is 7.31. The Balaban J connectivity index is 2.72. The van der Waals surface area contributed by atoms with E-state index >= 15 is 0 Å². The van der Waals surface area contributed by atoms with Crippen molar-refractivity contribution in [2.45, 2.75) is 39.0 Å². The van der Waals surface area contributed by atoms with Crippen molar-refractivity contribution in [1.29, 1.82) is 0 Å². The molecule has 0 saturated heterocycles. The van der Waals surface area contributed by atoms with Gasteiger partial charge in [0.15, 0.2) is 12.3 Å². The van der Waals surface area contributed by atoms with Crippen LogP contribution < -0.4 is 0 Å². The molecular weight excluding hydrogens is 397 g/mol. The molecule has 2 atom stereocenters. The number of hydrogen-bond acceptors (Lipinski definition) is 1. The largest absolute Gasteiger partial charge is 0.496 e. The Morgan fingerprint density at radius 1 is 0.935 bits per heavy atom. The summed E-state index contributed by atoms with van der Waals surface area (Å²) in [6, 6.07) is 0. The summed E-state index contributed by atoms with van der Waals surface area (Å²) in [4.78, 5) is 0. The predicted octanol–water partition coefficient (Wildman–Crippen LogP) is 8.07. The lowest BCUT2D eigenvalue weighted by atomic mass is 9.93. The van der Waals surface area contributed by atoms with Gasteiger partial charge in [-0.25, -0.2) is 13.2 Å². The minimum atomic E-state index is -2.03. The van der Waals surface area contributed by atoms with Crippen molar-refractivity contribution in [2.24, 2.45) is 0 Å². The highest BCUT2D eigenvalue weighted by molar-refractivity contribution is 5.51. The van der Waals surface area contributed by atoms with E-state index in [9.17, 15) is 13.2 Å². The molecule has 0 fully saturated rings. The molecule has 0 saturated carbocycles. The van der Waals surface area contributed by atoms with Crippen LogP contribution >= 0.6 is 0 Å². The Kier molecular flexibility index (Phi) is 10.1. The van der Waals surface area contributed by atoms with Gasteiger partial charge in [0.2, 0.25) is 0 Å². The fraction of sp³-hybridized carbons (Fsp3) is 0.259. The maximum atomic E-state index is 14.3. The zero-order valence-electron chi connectivity index (χ0n) is 18.4. The van der Waals surface area contributed by atoms with Crippen molar-refractivity contribution in [3.63, 3.8) is 0 Å². The average Bonchev–Trinajstić information content (AvgIpc) is 2.73. The first-order valence-corrected chi connectivity index (χ1v) is 9.96. The zero-order chi connectivity index (χ0) is 23.7. The van der Waals surface area contributed by atoms with Gasteiger partial charge in [-0.1, -0.05) is 69.4 Å². The number of alkyl halides is 2. The molecule has 1 aliphatic carbocycles. The van der Waals surface area contributed by atoms with E-state index in [2.05, 4.69) is 39.5 Å². The Bertz CT molecular complexity index is 909. The first-order chi connectivity index (χ1) is 14.5. The van der Waals surface area contributed by atoms with E-state index in [1.54, 1.807) is 25.2 Å². The van der Waals surface area contributed by atoms with Gasteiger partial charge in [0.1, 0.15) is 11.6 Å². The van der Waals surface area contributed by atoms with Crippen LogP contribution in [0.1, 0.15) is 26.7 Å². The molecule has 0 aromatic carbocycles. The smallest absolute Gasteiger partial charge is 0.191 e. The number of hydrogen-bond donors (Lipinski definition) is 0. The van der Waals surface area contributed by atoms with Gasteiger partial charge in [0.25, 0.3) is 0 Å². The summed E-state index contributed by atoms with van der Waals surface area (Å²) >= 11 is 0. The van der Waals surface area contributed by atoms with Crippen molar-refractivity contribution < 1.29 is 17.9 Å². The van der Waals surface area contributed by atoms with Crippen LogP contribution in [0, 0.1) is 0 Å². The molecule has 0 spiro atoms. The summed E-state index contributed by atoms with van der Waals surface area (Å²) in [6.07, 6.45) is 5.29. The molecule has 0 aromatic heterocycles. The Morgan fingerprint density at radius 3 is 2.03 bits per heavy atom. The van der Waals surface area contributed by atoms with E-state index in [1.807, 2.05) is 6.92 Å². The van der Waals surface area contributed by atoms with Crippen LogP contribution in [0.15, 0.2) is 120 Å². The summed E-state index contributed by atoms with van der Waals surface area (Å²) in [7, 11) is 0. The second kappa shape index (κ2) is 12.0. The first kappa shape index (κ1) is 26.0. The van der Waals surface area contributed by atoms with Gasteiger partial charge in [-0.3, -0.25) is 0 Å². The molecule has 0 radical (unpaired) electrons. The van der Waals surface area contributed by atoms with Crippen molar-refractivity contribution in [3.8, 4) is 0 Å². The SMILES string of the molecule is C=C(/C=C\C(=C)C(=C)C(F)C(F)C(=C)OCC)C(=C)/C=C\C(=C)C1=C(F)C=C(C)CC1. The van der Waals surface area contributed by atoms with E-state index in [0.717, 1.165) is 12.0 Å². The van der Waals surface area contributed by atoms with Crippen molar-refractivity contribution in [1.82, 2.24) is 0 Å². The molecule has 1 aliphatic rings. The van der Waals surface area contributed by atoms with Gasteiger partial charge >= 0.3 is 0 Å². The van der Waals surface area contributed by atoms with Gasteiger partial charge in [0.05, 0.1) is 6.61 Å². The molecule has 0 bridgehead atoms. The molecule has 1 rings (SSSR count). The number of ether oxygens (including phenoxy) is 1. The Labute approximate surface area is 184 Å². The molecule has 0 N–H and O–H groups in total. The Morgan fingerprint density at radius 2 is 1.48 bits per heavy atom. The van der Waals surface area contributed by atoms with E-state index in [0.29, 0.717) is 28.7 Å². The highest BCUT2D eigenvalue weighted by atomic mass is 19.2. The topological polar surface area (TPSA) is 9.23 Å². The van der Waals surface area contributed by atoms with Crippen LogP contribution in [0.3, 0.4) is 0 Å². The fourth-order valence-electron chi connectivity index (χ4n) is 2.74. The summed E-state index contributed by atoms with van der Waals surface area (Å²) < 4.78 is 47.4. The minimum Gasteiger partial charge on any atom is -0.496 e. The van der Waals surface area contributed by atoms with Crippen molar-refractivity contribution in [3.05, 3.63) is 120 Å². The molecule has 1 nitrogen and oxygen atoms in total. The molecular formula is C27H31F3O. The minimum absolute atomic E-state index is 0.116. The van der Waals surface area contributed by atoms with Crippen LogP contribution in [0.4, 0.5) is 13.2 Å². The van der Waals surface area contributed by atoms with Crippen molar-refractivity contribution in [2.75, 3.05) is 6.61 Å². The van der Waals surface area contributed by atoms with Gasteiger partial charge in [-0.15, -0.1) is 0 Å². The number of rotatable bonds is 12. The highest BCUT2D eigenvalue weighted by Crippen LogP contribution is 2.30. The monoisotopic (exact) mass is 428 g/mol. The fourth-order valence-corrected chi connectivity index (χ4v) is 2.74. The molecule has 0 aliphatic heterocycles. The quantitative estimate of drug-likeness (QED) is 0.226.